The summed E-state index contributed by atoms with van der Waals surface area (Å²) in [5.74, 6) is 0.852. The molecule has 20 heavy (non-hydrogen) atoms. The predicted octanol–water partition coefficient (Wildman–Crippen LogP) is 2.66. The zero-order valence-electron chi connectivity index (χ0n) is 10.5. The molecular weight excluding hydrogens is 284 g/mol. The van der Waals surface area contributed by atoms with Crippen molar-refractivity contribution >= 4 is 23.1 Å². The van der Waals surface area contributed by atoms with Crippen LogP contribution >= 0.6 is 11.6 Å². The summed E-state index contributed by atoms with van der Waals surface area (Å²) < 4.78 is 4.95. The zero-order valence-corrected chi connectivity index (χ0v) is 11.3. The minimum absolute atomic E-state index is 0.0644. The van der Waals surface area contributed by atoms with E-state index in [4.69, 9.17) is 16.3 Å². The zero-order chi connectivity index (χ0) is 14.5. The van der Waals surface area contributed by atoms with Crippen molar-refractivity contribution in [2.24, 2.45) is 0 Å². The Morgan fingerprint density at radius 1 is 1.45 bits per heavy atom. The van der Waals surface area contributed by atoms with Gasteiger partial charge in [-0.3, -0.25) is 10.1 Å². The largest absolute Gasteiger partial charge is 0.481 e. The number of methoxy groups -OCH3 is 1. The van der Waals surface area contributed by atoms with Gasteiger partial charge in [0, 0.05) is 18.8 Å². The van der Waals surface area contributed by atoms with Crippen LogP contribution in [0, 0.1) is 10.1 Å². The first-order chi connectivity index (χ1) is 9.58. The maximum absolute atomic E-state index is 10.7. The molecule has 0 aliphatic heterocycles. The van der Waals surface area contributed by atoms with E-state index in [-0.39, 0.29) is 10.8 Å². The molecule has 0 spiro atoms. The van der Waals surface area contributed by atoms with Gasteiger partial charge in [0.15, 0.2) is 0 Å². The van der Waals surface area contributed by atoms with Crippen LogP contribution in [-0.2, 0) is 6.54 Å². The lowest BCUT2D eigenvalue weighted by molar-refractivity contribution is -0.384. The summed E-state index contributed by atoms with van der Waals surface area (Å²) >= 11 is 5.73. The van der Waals surface area contributed by atoms with Crippen LogP contribution in [0.1, 0.15) is 5.56 Å². The molecule has 1 N–H and O–H groups in total. The quantitative estimate of drug-likeness (QED) is 0.518. The summed E-state index contributed by atoms with van der Waals surface area (Å²) in [4.78, 5) is 18.2. The Morgan fingerprint density at radius 3 is 2.85 bits per heavy atom. The average Bonchev–Trinajstić information content (AvgIpc) is 2.45. The molecule has 0 saturated carbocycles. The molecule has 0 aliphatic rings. The molecule has 0 aliphatic carbocycles. The second-order valence-electron chi connectivity index (χ2n) is 3.85. The summed E-state index contributed by atoms with van der Waals surface area (Å²) in [6.07, 6.45) is 1.64. The second-order valence-corrected chi connectivity index (χ2v) is 4.24. The number of hydrogen-bond acceptors (Lipinski definition) is 6. The Bertz CT molecular complexity index is 619. The van der Waals surface area contributed by atoms with Crippen molar-refractivity contribution in [1.82, 2.24) is 9.97 Å². The van der Waals surface area contributed by atoms with E-state index in [0.29, 0.717) is 18.2 Å². The number of nitro groups is 1. The lowest BCUT2D eigenvalue weighted by atomic mass is 10.3. The molecular formula is C12H11ClN4O3. The fourth-order valence-electron chi connectivity index (χ4n) is 1.51. The van der Waals surface area contributed by atoms with Crippen molar-refractivity contribution < 1.29 is 9.66 Å². The number of halogens is 1. The van der Waals surface area contributed by atoms with E-state index >= 15 is 0 Å². The molecule has 2 aromatic heterocycles. The Balaban J connectivity index is 2.08. The number of aromatic nitrogens is 2. The smallest absolute Gasteiger partial charge is 0.276 e. The van der Waals surface area contributed by atoms with Gasteiger partial charge in [0.25, 0.3) is 5.69 Å². The Kier molecular flexibility index (Phi) is 4.31. The first kappa shape index (κ1) is 14.0. The molecule has 0 amide bonds. The number of pyridine rings is 2. The molecule has 0 unspecified atom stereocenters. The van der Waals surface area contributed by atoms with Crippen molar-refractivity contribution in [2.75, 3.05) is 12.4 Å². The highest BCUT2D eigenvalue weighted by molar-refractivity contribution is 6.29. The van der Waals surface area contributed by atoms with E-state index in [2.05, 4.69) is 15.3 Å². The number of nitrogens with zero attached hydrogens (tertiary/aromatic N) is 3. The van der Waals surface area contributed by atoms with Gasteiger partial charge in [-0.2, -0.15) is 0 Å². The normalized spacial score (nSPS) is 10.1. The summed E-state index contributed by atoms with van der Waals surface area (Å²) in [7, 11) is 1.54. The number of anilines is 1. The lowest BCUT2D eigenvalue weighted by Crippen LogP contribution is -2.03. The van der Waals surface area contributed by atoms with Crippen molar-refractivity contribution in [3.8, 4) is 5.88 Å². The van der Waals surface area contributed by atoms with Gasteiger partial charge in [-0.15, -0.1) is 0 Å². The molecule has 0 radical (unpaired) electrons. The highest BCUT2D eigenvalue weighted by Crippen LogP contribution is 2.21. The maximum Gasteiger partial charge on any atom is 0.276 e. The van der Waals surface area contributed by atoms with E-state index in [0.717, 1.165) is 5.56 Å². The van der Waals surface area contributed by atoms with Crippen LogP contribution in [0.3, 0.4) is 0 Å². The number of hydrogen-bond donors (Lipinski definition) is 1. The lowest BCUT2D eigenvalue weighted by Gasteiger charge is -2.06. The summed E-state index contributed by atoms with van der Waals surface area (Å²) in [6, 6.07) is 6.08. The van der Waals surface area contributed by atoms with E-state index in [1.807, 2.05) is 6.07 Å². The van der Waals surface area contributed by atoms with Gasteiger partial charge >= 0.3 is 0 Å². The SMILES string of the molecule is COc1ccc(CNc2cc([N+](=O)[O-])cc(Cl)n2)cn1. The maximum atomic E-state index is 10.7. The van der Waals surface area contributed by atoms with Crippen molar-refractivity contribution in [3.63, 3.8) is 0 Å². The first-order valence-electron chi connectivity index (χ1n) is 5.63. The third kappa shape index (κ3) is 3.55. The summed E-state index contributed by atoms with van der Waals surface area (Å²) in [5.41, 5.74) is 0.774. The standard InChI is InChI=1S/C12H11ClN4O3/c1-20-12-3-2-8(7-15-12)6-14-11-5-9(17(18)19)4-10(13)16-11/h2-5,7H,6H2,1H3,(H,14,16). The fourth-order valence-corrected chi connectivity index (χ4v) is 1.71. The van der Waals surface area contributed by atoms with Crippen LogP contribution in [0.4, 0.5) is 11.5 Å². The van der Waals surface area contributed by atoms with Crippen LogP contribution < -0.4 is 10.1 Å². The molecule has 8 heteroatoms. The van der Waals surface area contributed by atoms with Gasteiger partial charge < -0.3 is 10.1 Å². The minimum Gasteiger partial charge on any atom is -0.481 e. The number of rotatable bonds is 5. The van der Waals surface area contributed by atoms with Crippen LogP contribution in [-0.4, -0.2) is 22.0 Å². The van der Waals surface area contributed by atoms with E-state index < -0.39 is 4.92 Å². The van der Waals surface area contributed by atoms with E-state index in [1.54, 1.807) is 12.3 Å². The Labute approximate surface area is 119 Å². The van der Waals surface area contributed by atoms with Crippen molar-refractivity contribution in [1.29, 1.82) is 0 Å². The average molecular weight is 295 g/mol. The predicted molar refractivity (Wildman–Crippen MR) is 74.0 cm³/mol. The van der Waals surface area contributed by atoms with E-state index in [9.17, 15) is 10.1 Å². The molecule has 2 aromatic rings. The van der Waals surface area contributed by atoms with Crippen LogP contribution in [0.2, 0.25) is 5.15 Å². The Hall–Kier alpha value is -2.41. The third-order valence-corrected chi connectivity index (χ3v) is 2.66. The van der Waals surface area contributed by atoms with Crippen molar-refractivity contribution in [3.05, 3.63) is 51.3 Å². The Morgan fingerprint density at radius 2 is 2.25 bits per heavy atom. The molecule has 0 fully saturated rings. The number of nitrogens with one attached hydrogen (secondary N) is 1. The van der Waals surface area contributed by atoms with Gasteiger partial charge in [0.2, 0.25) is 5.88 Å². The molecule has 2 rings (SSSR count). The fraction of sp³-hybridized carbons (Fsp3) is 0.167. The minimum atomic E-state index is -0.520. The topological polar surface area (TPSA) is 90.2 Å². The summed E-state index contributed by atoms with van der Waals surface area (Å²) in [5, 5.41) is 13.7. The van der Waals surface area contributed by atoms with Gasteiger partial charge in [0.05, 0.1) is 24.2 Å². The second kappa shape index (κ2) is 6.16. The van der Waals surface area contributed by atoms with Gasteiger partial charge in [-0.05, 0) is 5.56 Å². The molecule has 0 atom stereocenters. The van der Waals surface area contributed by atoms with Crippen LogP contribution in [0.15, 0.2) is 30.5 Å². The number of ether oxygens (including phenoxy) is 1. The molecule has 2 heterocycles. The van der Waals surface area contributed by atoms with Gasteiger partial charge in [-0.25, -0.2) is 9.97 Å². The summed E-state index contributed by atoms with van der Waals surface area (Å²) in [6.45, 7) is 0.418. The monoisotopic (exact) mass is 294 g/mol. The van der Waals surface area contributed by atoms with Gasteiger partial charge in [0.1, 0.15) is 11.0 Å². The molecule has 0 saturated heterocycles. The highest BCUT2D eigenvalue weighted by Gasteiger charge is 2.10. The van der Waals surface area contributed by atoms with Gasteiger partial charge in [-0.1, -0.05) is 17.7 Å². The highest BCUT2D eigenvalue weighted by atomic mass is 35.5. The first-order valence-corrected chi connectivity index (χ1v) is 6.01. The van der Waals surface area contributed by atoms with Crippen LogP contribution in [0.25, 0.3) is 0 Å². The molecule has 7 nitrogen and oxygen atoms in total. The van der Waals surface area contributed by atoms with E-state index in [1.165, 1.54) is 19.2 Å². The van der Waals surface area contributed by atoms with Crippen molar-refractivity contribution in [2.45, 2.75) is 6.54 Å². The molecule has 0 bridgehead atoms. The van der Waals surface area contributed by atoms with Crippen LogP contribution in [0.5, 0.6) is 5.88 Å². The molecule has 0 aromatic carbocycles. The molecule has 104 valence electrons. The third-order valence-electron chi connectivity index (χ3n) is 2.47.